The Morgan fingerprint density at radius 2 is 1.39 bits per heavy atom. The third-order valence-electron chi connectivity index (χ3n) is 6.68. The summed E-state index contributed by atoms with van der Waals surface area (Å²) in [7, 11) is 0. The predicted molar refractivity (Wildman–Crippen MR) is 145 cm³/mol. The first-order chi connectivity index (χ1) is 17.8. The van der Waals surface area contributed by atoms with Crippen LogP contribution in [0.4, 0.5) is 0 Å². The number of benzene rings is 5. The molecule has 1 aliphatic heterocycles. The molecule has 1 heterocycles. The van der Waals surface area contributed by atoms with Crippen LogP contribution in [0.1, 0.15) is 27.6 Å². The molecule has 36 heavy (non-hydrogen) atoms. The second kappa shape index (κ2) is 9.55. The Morgan fingerprint density at radius 1 is 0.694 bits per heavy atom. The van der Waals surface area contributed by atoms with Gasteiger partial charge in [-0.05, 0) is 39.6 Å². The van der Waals surface area contributed by atoms with Crippen LogP contribution < -0.4 is 10.1 Å². The molecule has 1 aliphatic rings. The lowest BCUT2D eigenvalue weighted by Gasteiger charge is -2.29. The number of hydrogen-bond donors (Lipinski definition) is 1. The van der Waals surface area contributed by atoms with Crippen molar-refractivity contribution in [3.8, 4) is 16.9 Å². The van der Waals surface area contributed by atoms with E-state index in [9.17, 15) is 4.79 Å². The molecule has 174 valence electrons. The van der Waals surface area contributed by atoms with Gasteiger partial charge < -0.3 is 10.1 Å². The summed E-state index contributed by atoms with van der Waals surface area (Å²) in [5, 5.41) is 5.82. The number of carbonyl (C=O) groups is 1. The summed E-state index contributed by atoms with van der Waals surface area (Å²) in [5.74, 6) is 0.594. The van der Waals surface area contributed by atoms with Gasteiger partial charge in [0.2, 0.25) is 0 Å². The molecule has 0 saturated carbocycles. The first-order valence-corrected chi connectivity index (χ1v) is 12.1. The van der Waals surface area contributed by atoms with Crippen molar-refractivity contribution < 1.29 is 9.53 Å². The molecule has 0 amide bonds. The summed E-state index contributed by atoms with van der Waals surface area (Å²) < 4.78 is 6.51. The number of fused-ring (bicyclic) bond motifs is 2. The lowest BCUT2D eigenvalue weighted by Crippen LogP contribution is -2.26. The van der Waals surface area contributed by atoms with Gasteiger partial charge in [-0.25, -0.2) is 0 Å². The molecule has 1 atom stereocenters. The van der Waals surface area contributed by atoms with E-state index in [1.807, 2.05) is 72.9 Å². The lowest BCUT2D eigenvalue weighted by atomic mass is 9.87. The fourth-order valence-electron chi connectivity index (χ4n) is 4.92. The van der Waals surface area contributed by atoms with Crippen molar-refractivity contribution in [2.45, 2.75) is 12.6 Å². The third kappa shape index (κ3) is 4.05. The zero-order valence-electron chi connectivity index (χ0n) is 19.7. The fraction of sp³-hybridized carbons (Fsp3) is 0.0606. The van der Waals surface area contributed by atoms with Crippen molar-refractivity contribution in [1.29, 1.82) is 0 Å². The second-order valence-electron chi connectivity index (χ2n) is 8.90. The van der Waals surface area contributed by atoms with E-state index in [1.54, 1.807) is 0 Å². The highest BCUT2D eigenvalue weighted by Gasteiger charge is 2.34. The highest BCUT2D eigenvalue weighted by molar-refractivity contribution is 6.12. The topological polar surface area (TPSA) is 38.3 Å². The Balaban J connectivity index is 1.40. The number of ether oxygens (including phenoxy) is 1. The van der Waals surface area contributed by atoms with Crippen LogP contribution in [0.15, 0.2) is 133 Å². The zero-order valence-corrected chi connectivity index (χ0v) is 19.7. The minimum Gasteiger partial charge on any atom is -0.480 e. The van der Waals surface area contributed by atoms with Crippen LogP contribution in [0.2, 0.25) is 0 Å². The molecule has 0 aromatic heterocycles. The van der Waals surface area contributed by atoms with Gasteiger partial charge in [-0.1, -0.05) is 109 Å². The Morgan fingerprint density at radius 3 is 2.28 bits per heavy atom. The molecule has 3 nitrogen and oxygen atoms in total. The Hall–Kier alpha value is -4.63. The van der Waals surface area contributed by atoms with Gasteiger partial charge >= 0.3 is 0 Å². The van der Waals surface area contributed by atoms with Gasteiger partial charge in [0.25, 0.3) is 0 Å². The van der Waals surface area contributed by atoms with Crippen molar-refractivity contribution in [1.82, 2.24) is 5.32 Å². The van der Waals surface area contributed by atoms with E-state index in [-0.39, 0.29) is 5.78 Å². The normalized spacial score (nSPS) is 15.9. The van der Waals surface area contributed by atoms with Crippen LogP contribution in [0.25, 0.3) is 21.9 Å². The van der Waals surface area contributed by atoms with Gasteiger partial charge in [0.05, 0.1) is 11.1 Å². The SMILES string of the molecule is O=C1/C(=C\NCc2cccc3ccccc23)[C@H](c2ccccc2-c2ccccc2)Oc2ccccc21. The van der Waals surface area contributed by atoms with Crippen molar-refractivity contribution >= 4 is 16.6 Å². The molecule has 0 spiro atoms. The van der Waals surface area contributed by atoms with Gasteiger partial charge in [-0.2, -0.15) is 0 Å². The van der Waals surface area contributed by atoms with E-state index in [0.29, 0.717) is 23.4 Å². The first kappa shape index (κ1) is 21.9. The highest BCUT2D eigenvalue weighted by Crippen LogP contribution is 2.41. The maximum absolute atomic E-state index is 13.7. The van der Waals surface area contributed by atoms with Crippen molar-refractivity contribution in [3.63, 3.8) is 0 Å². The number of hydrogen-bond acceptors (Lipinski definition) is 3. The van der Waals surface area contributed by atoms with Gasteiger partial charge in [0.1, 0.15) is 5.75 Å². The quantitative estimate of drug-likeness (QED) is 0.272. The van der Waals surface area contributed by atoms with E-state index in [1.165, 1.54) is 16.3 Å². The first-order valence-electron chi connectivity index (χ1n) is 12.1. The van der Waals surface area contributed by atoms with Crippen LogP contribution in [0.5, 0.6) is 5.75 Å². The minimum atomic E-state index is -0.524. The summed E-state index contributed by atoms with van der Waals surface area (Å²) in [6.07, 6.45) is 1.32. The monoisotopic (exact) mass is 467 g/mol. The van der Waals surface area contributed by atoms with Crippen LogP contribution in [0.3, 0.4) is 0 Å². The van der Waals surface area contributed by atoms with E-state index in [0.717, 1.165) is 16.7 Å². The molecule has 0 aliphatic carbocycles. The Labute approximate surface area is 210 Å². The molecule has 5 aromatic rings. The van der Waals surface area contributed by atoms with Crippen LogP contribution in [-0.2, 0) is 6.54 Å². The van der Waals surface area contributed by atoms with E-state index >= 15 is 0 Å². The standard InChI is InChI=1S/C33H25NO2/c35-32-29-19-8-9-20-31(29)36-33(28-18-7-6-17-27(28)24-11-2-1-3-12-24)30(32)22-34-21-25-15-10-14-23-13-4-5-16-26(23)25/h1-20,22,33-34H,21H2/b30-22+/t33-/m0/s1. The molecule has 5 aromatic carbocycles. The summed E-state index contributed by atoms with van der Waals surface area (Å²) in [4.78, 5) is 13.7. The molecule has 0 radical (unpaired) electrons. The van der Waals surface area contributed by atoms with Crippen molar-refractivity contribution in [3.05, 3.63) is 150 Å². The number of ketones is 1. The smallest absolute Gasteiger partial charge is 0.198 e. The molecule has 6 rings (SSSR count). The summed E-state index contributed by atoms with van der Waals surface area (Å²) in [6.45, 7) is 0.604. The zero-order chi connectivity index (χ0) is 24.3. The molecule has 1 N–H and O–H groups in total. The minimum absolute atomic E-state index is 0.0184. The number of nitrogens with one attached hydrogen (secondary N) is 1. The van der Waals surface area contributed by atoms with Gasteiger partial charge in [0, 0.05) is 18.3 Å². The molecule has 0 bridgehead atoms. The largest absolute Gasteiger partial charge is 0.480 e. The van der Waals surface area contributed by atoms with E-state index in [4.69, 9.17) is 4.74 Å². The third-order valence-corrected chi connectivity index (χ3v) is 6.68. The molecule has 0 saturated heterocycles. The van der Waals surface area contributed by atoms with Crippen LogP contribution in [0, 0.1) is 0 Å². The van der Waals surface area contributed by atoms with Crippen LogP contribution in [-0.4, -0.2) is 5.78 Å². The molecule has 3 heteroatoms. The molecular weight excluding hydrogens is 442 g/mol. The van der Waals surface area contributed by atoms with Gasteiger partial charge in [-0.15, -0.1) is 0 Å². The maximum atomic E-state index is 13.7. The second-order valence-corrected chi connectivity index (χ2v) is 8.90. The number of rotatable bonds is 5. The maximum Gasteiger partial charge on any atom is 0.198 e. The predicted octanol–water partition coefficient (Wildman–Crippen LogP) is 7.50. The van der Waals surface area contributed by atoms with E-state index < -0.39 is 6.10 Å². The Kier molecular flexibility index (Phi) is 5.80. The number of para-hydroxylation sites is 1. The summed E-state index contributed by atoms with van der Waals surface area (Å²) >= 11 is 0. The molecular formula is C33H25NO2. The highest BCUT2D eigenvalue weighted by atomic mass is 16.5. The van der Waals surface area contributed by atoms with Crippen molar-refractivity contribution in [2.75, 3.05) is 0 Å². The number of Topliss-reactive ketones (excluding diaryl/α,β-unsaturated/α-hetero) is 1. The fourth-order valence-corrected chi connectivity index (χ4v) is 4.92. The number of carbonyl (C=O) groups excluding carboxylic acids is 1. The summed E-state index contributed by atoms with van der Waals surface area (Å²) in [6, 6.07) is 40.5. The van der Waals surface area contributed by atoms with E-state index in [2.05, 4.69) is 59.9 Å². The Bertz CT molecular complexity index is 1580. The van der Waals surface area contributed by atoms with Gasteiger partial charge in [0.15, 0.2) is 11.9 Å². The average molecular weight is 468 g/mol. The average Bonchev–Trinajstić information content (AvgIpc) is 2.95. The van der Waals surface area contributed by atoms with Gasteiger partial charge in [-0.3, -0.25) is 4.79 Å². The lowest BCUT2D eigenvalue weighted by molar-refractivity contribution is 0.0960. The molecule has 0 fully saturated rings. The van der Waals surface area contributed by atoms with Crippen LogP contribution >= 0.6 is 0 Å². The summed E-state index contributed by atoms with van der Waals surface area (Å²) in [5.41, 5.74) is 5.46. The molecule has 0 unspecified atom stereocenters. The van der Waals surface area contributed by atoms with Crippen molar-refractivity contribution in [2.24, 2.45) is 0 Å².